The van der Waals surface area contributed by atoms with Crippen LogP contribution in [0.1, 0.15) is 42.4 Å². The van der Waals surface area contributed by atoms with E-state index in [-0.39, 0.29) is 29.8 Å². The number of carboxylic acid groups (broad SMARTS) is 1. The second-order valence-corrected chi connectivity index (χ2v) is 8.63. The highest BCUT2D eigenvalue weighted by molar-refractivity contribution is 7.89. The third kappa shape index (κ3) is 4.82. The molecule has 8 heteroatoms. The number of carbonyl (C=O) groups is 2. The minimum atomic E-state index is -3.71. The Kier molecular flexibility index (Phi) is 6.41. The van der Waals surface area contributed by atoms with Crippen LogP contribution < -0.4 is 10.0 Å². The number of carbonyl (C=O) groups excluding carboxylic acids is 1. The lowest BCUT2D eigenvalue weighted by Crippen LogP contribution is -2.41. The summed E-state index contributed by atoms with van der Waals surface area (Å²) in [5, 5.41) is 11.8. The van der Waals surface area contributed by atoms with Crippen molar-refractivity contribution in [3.05, 3.63) is 28.8 Å². The molecule has 2 rings (SSSR count). The zero-order chi connectivity index (χ0) is 19.5. The van der Waals surface area contributed by atoms with Crippen LogP contribution >= 0.6 is 0 Å². The van der Waals surface area contributed by atoms with Crippen molar-refractivity contribution in [1.82, 2.24) is 10.0 Å². The van der Waals surface area contributed by atoms with Crippen LogP contribution in [0, 0.1) is 26.7 Å². The molecule has 1 saturated carbocycles. The molecule has 144 valence electrons. The lowest BCUT2D eigenvalue weighted by Gasteiger charge is -2.18. The van der Waals surface area contributed by atoms with Crippen LogP contribution in [0.5, 0.6) is 0 Å². The van der Waals surface area contributed by atoms with Gasteiger partial charge in [-0.1, -0.05) is 24.1 Å². The van der Waals surface area contributed by atoms with E-state index in [1.54, 1.807) is 26.0 Å². The van der Waals surface area contributed by atoms with E-state index >= 15 is 0 Å². The van der Waals surface area contributed by atoms with Crippen LogP contribution in [0.25, 0.3) is 0 Å². The minimum absolute atomic E-state index is 0.0357. The summed E-state index contributed by atoms with van der Waals surface area (Å²) in [5.74, 6) is -1.81. The number of hydrogen-bond acceptors (Lipinski definition) is 4. The van der Waals surface area contributed by atoms with Crippen LogP contribution in [0.3, 0.4) is 0 Å². The van der Waals surface area contributed by atoms with Gasteiger partial charge >= 0.3 is 5.97 Å². The number of benzene rings is 1. The molecule has 1 fully saturated rings. The first kappa shape index (κ1) is 20.4. The van der Waals surface area contributed by atoms with Crippen LogP contribution in [-0.2, 0) is 19.6 Å². The van der Waals surface area contributed by atoms with Crippen molar-refractivity contribution in [2.45, 2.75) is 57.4 Å². The number of carboxylic acids is 1. The zero-order valence-electron chi connectivity index (χ0n) is 15.3. The Balaban J connectivity index is 1.93. The summed E-state index contributed by atoms with van der Waals surface area (Å²) in [6.07, 6.45) is 1.92. The standard InChI is InChI=1S/C18H26N2O5S/c1-11-9-12(2)17(13(3)10-11)26(24,25)19-8-7-16(21)20-15-6-4-5-14(15)18(22)23/h9-10,14-15,19H,4-8H2,1-3H3,(H,20,21)(H,22,23)/t14-,15+/m0/s1. The van der Waals surface area contributed by atoms with E-state index in [0.717, 1.165) is 12.0 Å². The molecule has 0 spiro atoms. The maximum Gasteiger partial charge on any atom is 0.308 e. The predicted octanol–water partition coefficient (Wildman–Crippen LogP) is 1.65. The van der Waals surface area contributed by atoms with Gasteiger partial charge in [0.15, 0.2) is 0 Å². The van der Waals surface area contributed by atoms with Gasteiger partial charge in [-0.05, 0) is 44.7 Å². The summed E-state index contributed by atoms with van der Waals surface area (Å²) >= 11 is 0. The summed E-state index contributed by atoms with van der Waals surface area (Å²) in [5.41, 5.74) is 2.31. The Hall–Kier alpha value is -1.93. The van der Waals surface area contributed by atoms with Gasteiger partial charge in [0, 0.05) is 19.0 Å². The fraction of sp³-hybridized carbons (Fsp3) is 0.556. The molecule has 3 N–H and O–H groups in total. The van der Waals surface area contributed by atoms with Crippen molar-refractivity contribution >= 4 is 21.9 Å². The zero-order valence-corrected chi connectivity index (χ0v) is 16.1. The maximum absolute atomic E-state index is 12.5. The van der Waals surface area contributed by atoms with Gasteiger partial charge in [0.2, 0.25) is 15.9 Å². The molecule has 0 radical (unpaired) electrons. The third-order valence-corrected chi connectivity index (χ3v) is 6.46. The topological polar surface area (TPSA) is 113 Å². The number of amides is 1. The molecule has 1 amide bonds. The maximum atomic E-state index is 12.5. The monoisotopic (exact) mass is 382 g/mol. The van der Waals surface area contributed by atoms with Gasteiger partial charge in [-0.2, -0.15) is 0 Å². The number of aryl methyl sites for hydroxylation is 3. The summed E-state index contributed by atoms with van der Waals surface area (Å²) in [4.78, 5) is 23.4. The molecule has 0 unspecified atom stereocenters. The number of rotatable bonds is 7. The SMILES string of the molecule is Cc1cc(C)c(S(=O)(=O)NCCC(=O)N[C@@H]2CCC[C@@H]2C(=O)O)c(C)c1. The molecule has 0 aliphatic heterocycles. The van der Waals surface area contributed by atoms with E-state index in [1.165, 1.54) is 0 Å². The van der Waals surface area contributed by atoms with Crippen LogP contribution in [0.4, 0.5) is 0 Å². The molecular formula is C18H26N2O5S. The first-order chi connectivity index (χ1) is 12.1. The quantitative estimate of drug-likeness (QED) is 0.664. The smallest absolute Gasteiger partial charge is 0.308 e. The molecule has 0 aromatic heterocycles. The van der Waals surface area contributed by atoms with Gasteiger partial charge < -0.3 is 10.4 Å². The summed E-state index contributed by atoms with van der Waals surface area (Å²) in [7, 11) is -3.71. The van der Waals surface area contributed by atoms with Crippen LogP contribution in [0.2, 0.25) is 0 Å². The molecule has 1 aromatic carbocycles. The Morgan fingerprint density at radius 3 is 2.35 bits per heavy atom. The Morgan fingerprint density at radius 2 is 1.77 bits per heavy atom. The van der Waals surface area contributed by atoms with Crippen molar-refractivity contribution in [3.63, 3.8) is 0 Å². The van der Waals surface area contributed by atoms with Gasteiger partial charge in [-0.25, -0.2) is 13.1 Å². The lowest BCUT2D eigenvalue weighted by atomic mass is 10.0. The minimum Gasteiger partial charge on any atom is -0.481 e. The van der Waals surface area contributed by atoms with Gasteiger partial charge in [0.1, 0.15) is 0 Å². The van der Waals surface area contributed by atoms with Crippen LogP contribution in [-0.4, -0.2) is 38.0 Å². The summed E-state index contributed by atoms with van der Waals surface area (Å²) in [6, 6.07) is 3.24. The molecule has 1 aliphatic carbocycles. The normalized spacial score (nSPS) is 20.1. The second-order valence-electron chi connectivity index (χ2n) is 6.93. The van der Waals surface area contributed by atoms with E-state index in [4.69, 9.17) is 5.11 Å². The molecule has 1 aliphatic rings. The molecule has 0 heterocycles. The van der Waals surface area contributed by atoms with Crippen molar-refractivity contribution in [3.8, 4) is 0 Å². The molecule has 26 heavy (non-hydrogen) atoms. The average Bonchev–Trinajstić information content (AvgIpc) is 2.93. The Bertz CT molecular complexity index is 781. The highest BCUT2D eigenvalue weighted by atomic mass is 32.2. The van der Waals surface area contributed by atoms with Crippen LogP contribution in [0.15, 0.2) is 17.0 Å². The second kappa shape index (κ2) is 8.18. The average molecular weight is 382 g/mol. The molecule has 1 aromatic rings. The first-order valence-electron chi connectivity index (χ1n) is 8.71. The van der Waals surface area contributed by atoms with Gasteiger partial charge in [0.25, 0.3) is 0 Å². The molecule has 0 bridgehead atoms. The van der Waals surface area contributed by atoms with Gasteiger partial charge in [0.05, 0.1) is 10.8 Å². The fourth-order valence-electron chi connectivity index (χ4n) is 3.67. The van der Waals surface area contributed by atoms with E-state index in [9.17, 15) is 18.0 Å². The predicted molar refractivity (Wildman–Crippen MR) is 97.4 cm³/mol. The van der Waals surface area contributed by atoms with E-state index < -0.39 is 21.9 Å². The largest absolute Gasteiger partial charge is 0.481 e. The Labute approximate surface area is 154 Å². The van der Waals surface area contributed by atoms with E-state index in [0.29, 0.717) is 24.0 Å². The lowest BCUT2D eigenvalue weighted by molar-refractivity contribution is -0.142. The highest BCUT2D eigenvalue weighted by Gasteiger charge is 2.33. The number of aliphatic carboxylic acids is 1. The molecule has 0 saturated heterocycles. The summed E-state index contributed by atoms with van der Waals surface area (Å²) in [6.45, 7) is 5.35. The molecule has 7 nitrogen and oxygen atoms in total. The van der Waals surface area contributed by atoms with Gasteiger partial charge in [-0.3, -0.25) is 9.59 Å². The van der Waals surface area contributed by atoms with Crippen molar-refractivity contribution in [2.24, 2.45) is 5.92 Å². The van der Waals surface area contributed by atoms with Crippen molar-refractivity contribution < 1.29 is 23.1 Å². The third-order valence-electron chi connectivity index (χ3n) is 4.70. The van der Waals surface area contributed by atoms with Crippen molar-refractivity contribution in [2.75, 3.05) is 6.54 Å². The highest BCUT2D eigenvalue weighted by Crippen LogP contribution is 2.26. The first-order valence-corrected chi connectivity index (χ1v) is 10.2. The molecular weight excluding hydrogens is 356 g/mol. The fourth-order valence-corrected chi connectivity index (χ4v) is 5.15. The van der Waals surface area contributed by atoms with E-state index in [2.05, 4.69) is 10.0 Å². The summed E-state index contributed by atoms with van der Waals surface area (Å²) < 4.78 is 27.5. The van der Waals surface area contributed by atoms with Crippen molar-refractivity contribution in [1.29, 1.82) is 0 Å². The van der Waals surface area contributed by atoms with Gasteiger partial charge in [-0.15, -0.1) is 0 Å². The number of hydrogen-bond donors (Lipinski definition) is 3. The number of nitrogens with one attached hydrogen (secondary N) is 2. The number of sulfonamides is 1. The molecule has 2 atom stereocenters. The Morgan fingerprint density at radius 1 is 1.15 bits per heavy atom. The van der Waals surface area contributed by atoms with E-state index in [1.807, 2.05) is 6.92 Å².